The van der Waals surface area contributed by atoms with Crippen LogP contribution in [0.1, 0.15) is 19.0 Å². The van der Waals surface area contributed by atoms with Crippen LogP contribution in [0.5, 0.6) is 0 Å². The highest BCUT2D eigenvalue weighted by Gasteiger charge is 2.06. The molecule has 1 rings (SSSR count). The van der Waals surface area contributed by atoms with Crippen LogP contribution in [0.2, 0.25) is 5.15 Å². The van der Waals surface area contributed by atoms with Crippen molar-refractivity contribution in [2.24, 2.45) is 0 Å². The molecule has 1 heterocycles. The van der Waals surface area contributed by atoms with E-state index in [0.717, 1.165) is 13.0 Å². The third-order valence-corrected chi connectivity index (χ3v) is 2.04. The number of hydrogen-bond acceptors (Lipinski definition) is 4. The largest absolute Gasteiger partial charge is 0.358 e. The van der Waals surface area contributed by atoms with Gasteiger partial charge in [-0.3, -0.25) is 0 Å². The normalized spacial score (nSPS) is 9.57. The van der Waals surface area contributed by atoms with Gasteiger partial charge in [-0.25, -0.2) is 9.97 Å². The number of anilines is 1. The molecule has 0 atom stereocenters. The Morgan fingerprint density at radius 2 is 2.36 bits per heavy atom. The average molecular weight is 211 g/mol. The summed E-state index contributed by atoms with van der Waals surface area (Å²) in [5.41, 5.74) is 0.167. The molecule has 4 nitrogen and oxygen atoms in total. The zero-order valence-corrected chi connectivity index (χ0v) is 8.91. The lowest BCUT2D eigenvalue weighted by molar-refractivity contribution is 0.833. The first-order valence-electron chi connectivity index (χ1n) is 4.32. The molecule has 0 aliphatic rings. The molecule has 74 valence electrons. The fourth-order valence-corrected chi connectivity index (χ4v) is 1.24. The molecule has 0 unspecified atom stereocenters. The Labute approximate surface area is 88.2 Å². The molecule has 0 bridgehead atoms. The zero-order chi connectivity index (χ0) is 10.6. The van der Waals surface area contributed by atoms with Crippen LogP contribution in [0.4, 0.5) is 5.82 Å². The molecule has 0 amide bonds. The van der Waals surface area contributed by atoms with Crippen molar-refractivity contribution in [2.75, 3.05) is 18.5 Å². The third kappa shape index (κ3) is 2.33. The summed E-state index contributed by atoms with van der Waals surface area (Å²) < 4.78 is 0. The van der Waals surface area contributed by atoms with Crippen LogP contribution in [0, 0.1) is 11.3 Å². The minimum Gasteiger partial charge on any atom is -0.358 e. The van der Waals surface area contributed by atoms with Crippen LogP contribution < -0.4 is 4.90 Å². The Morgan fingerprint density at radius 1 is 1.64 bits per heavy atom. The molecule has 0 saturated heterocycles. The lowest BCUT2D eigenvalue weighted by atomic mass is 10.4. The molecule has 0 spiro atoms. The van der Waals surface area contributed by atoms with Gasteiger partial charge in [0.25, 0.3) is 0 Å². The van der Waals surface area contributed by atoms with Gasteiger partial charge in [0.15, 0.2) is 10.8 Å². The maximum atomic E-state index is 8.60. The maximum Gasteiger partial charge on any atom is 0.178 e. The third-order valence-electron chi connectivity index (χ3n) is 1.77. The molecular formula is C9H11ClN4. The van der Waals surface area contributed by atoms with Gasteiger partial charge in [-0.05, 0) is 6.42 Å². The van der Waals surface area contributed by atoms with Gasteiger partial charge in [-0.1, -0.05) is 18.5 Å². The Kier molecular flexibility index (Phi) is 3.66. The lowest BCUT2D eigenvalue weighted by Crippen LogP contribution is -2.19. The molecule has 0 radical (unpaired) electrons. The number of aromatic nitrogens is 2. The highest BCUT2D eigenvalue weighted by Crippen LogP contribution is 2.14. The standard InChI is InChI=1S/C9H11ClN4/c1-3-4-14(2)8-6-12-7(5-11)9(10)13-8/h6H,3-4H2,1-2H3. The van der Waals surface area contributed by atoms with Gasteiger partial charge >= 0.3 is 0 Å². The van der Waals surface area contributed by atoms with Gasteiger partial charge in [-0.15, -0.1) is 0 Å². The van der Waals surface area contributed by atoms with E-state index >= 15 is 0 Å². The summed E-state index contributed by atoms with van der Waals surface area (Å²) in [7, 11) is 1.91. The predicted octanol–water partition coefficient (Wildman–Crippen LogP) is 1.85. The van der Waals surface area contributed by atoms with Crippen molar-refractivity contribution < 1.29 is 0 Å². The predicted molar refractivity (Wildman–Crippen MR) is 55.3 cm³/mol. The minimum absolute atomic E-state index is 0.160. The van der Waals surface area contributed by atoms with Crippen LogP contribution in [-0.4, -0.2) is 23.6 Å². The molecular weight excluding hydrogens is 200 g/mol. The Hall–Kier alpha value is -1.34. The molecule has 14 heavy (non-hydrogen) atoms. The van der Waals surface area contributed by atoms with E-state index in [1.807, 2.05) is 18.0 Å². The van der Waals surface area contributed by atoms with E-state index in [2.05, 4.69) is 16.9 Å². The van der Waals surface area contributed by atoms with Crippen LogP contribution in [0.25, 0.3) is 0 Å². The van der Waals surface area contributed by atoms with E-state index in [0.29, 0.717) is 5.82 Å². The summed E-state index contributed by atoms with van der Waals surface area (Å²) in [5, 5.41) is 8.76. The van der Waals surface area contributed by atoms with Crippen molar-refractivity contribution in [3.8, 4) is 6.07 Å². The van der Waals surface area contributed by atoms with Crippen molar-refractivity contribution in [3.05, 3.63) is 17.0 Å². The van der Waals surface area contributed by atoms with Crippen LogP contribution in [0.3, 0.4) is 0 Å². The second kappa shape index (κ2) is 4.77. The van der Waals surface area contributed by atoms with Crippen molar-refractivity contribution in [1.82, 2.24) is 9.97 Å². The lowest BCUT2D eigenvalue weighted by Gasteiger charge is -2.16. The Balaban J connectivity index is 2.92. The van der Waals surface area contributed by atoms with E-state index in [9.17, 15) is 0 Å². The fraction of sp³-hybridized carbons (Fsp3) is 0.444. The first kappa shape index (κ1) is 10.7. The van der Waals surface area contributed by atoms with Gasteiger partial charge in [0.05, 0.1) is 6.20 Å². The van der Waals surface area contributed by atoms with E-state index in [-0.39, 0.29) is 10.8 Å². The molecule has 0 fully saturated rings. The smallest absolute Gasteiger partial charge is 0.178 e. The van der Waals surface area contributed by atoms with Gasteiger partial charge in [0.1, 0.15) is 11.9 Å². The molecule has 0 aromatic carbocycles. The van der Waals surface area contributed by atoms with Gasteiger partial charge in [0.2, 0.25) is 0 Å². The molecule has 1 aromatic rings. The second-order valence-corrected chi connectivity index (χ2v) is 3.26. The summed E-state index contributed by atoms with van der Waals surface area (Å²) in [5.74, 6) is 0.691. The summed E-state index contributed by atoms with van der Waals surface area (Å²) in [6.45, 7) is 2.96. The van der Waals surface area contributed by atoms with Crippen molar-refractivity contribution >= 4 is 17.4 Å². The molecule has 5 heteroatoms. The van der Waals surface area contributed by atoms with E-state index in [1.165, 1.54) is 0 Å². The quantitative estimate of drug-likeness (QED) is 0.764. The Bertz CT molecular complexity index is 358. The van der Waals surface area contributed by atoms with Crippen LogP contribution in [-0.2, 0) is 0 Å². The van der Waals surface area contributed by atoms with E-state index in [1.54, 1.807) is 6.20 Å². The summed E-state index contributed by atoms with van der Waals surface area (Å²) in [6.07, 6.45) is 2.58. The summed E-state index contributed by atoms with van der Waals surface area (Å²) in [4.78, 5) is 9.92. The number of rotatable bonds is 3. The van der Waals surface area contributed by atoms with E-state index in [4.69, 9.17) is 16.9 Å². The zero-order valence-electron chi connectivity index (χ0n) is 8.16. The minimum atomic E-state index is 0.160. The highest BCUT2D eigenvalue weighted by atomic mass is 35.5. The summed E-state index contributed by atoms with van der Waals surface area (Å²) in [6, 6.07) is 1.87. The van der Waals surface area contributed by atoms with Crippen molar-refractivity contribution in [2.45, 2.75) is 13.3 Å². The molecule has 0 aliphatic heterocycles. The molecule has 1 aromatic heterocycles. The van der Waals surface area contributed by atoms with E-state index < -0.39 is 0 Å². The monoisotopic (exact) mass is 210 g/mol. The number of nitrogens with zero attached hydrogens (tertiary/aromatic N) is 4. The SMILES string of the molecule is CCCN(C)c1cnc(C#N)c(Cl)n1. The number of halogens is 1. The van der Waals surface area contributed by atoms with Crippen molar-refractivity contribution in [1.29, 1.82) is 5.26 Å². The Morgan fingerprint density at radius 3 is 2.86 bits per heavy atom. The van der Waals surface area contributed by atoms with Gasteiger partial charge < -0.3 is 4.90 Å². The number of hydrogen-bond donors (Lipinski definition) is 0. The fourth-order valence-electron chi connectivity index (χ4n) is 1.07. The first-order valence-corrected chi connectivity index (χ1v) is 4.70. The molecule has 0 aliphatic carbocycles. The molecule has 0 saturated carbocycles. The highest BCUT2D eigenvalue weighted by molar-refractivity contribution is 6.30. The second-order valence-electron chi connectivity index (χ2n) is 2.90. The average Bonchev–Trinajstić information content (AvgIpc) is 2.18. The van der Waals surface area contributed by atoms with Gasteiger partial charge in [0, 0.05) is 13.6 Å². The molecule has 0 N–H and O–H groups in total. The summed E-state index contributed by atoms with van der Waals surface area (Å²) >= 11 is 5.75. The number of nitriles is 1. The van der Waals surface area contributed by atoms with Gasteiger partial charge in [-0.2, -0.15) is 5.26 Å². The van der Waals surface area contributed by atoms with Crippen LogP contribution in [0.15, 0.2) is 6.20 Å². The topological polar surface area (TPSA) is 52.8 Å². The van der Waals surface area contributed by atoms with Crippen molar-refractivity contribution in [3.63, 3.8) is 0 Å². The van der Waals surface area contributed by atoms with Crippen LogP contribution >= 0.6 is 11.6 Å². The maximum absolute atomic E-state index is 8.60. The first-order chi connectivity index (χ1) is 6.69.